The summed E-state index contributed by atoms with van der Waals surface area (Å²) in [4.78, 5) is 9.96. The van der Waals surface area contributed by atoms with E-state index < -0.39 is 24.4 Å². The number of carbonyl (C=O) groups excluding carboxylic acids is 1. The second-order valence-corrected chi connectivity index (χ2v) is 2.58. The Kier molecular flexibility index (Phi) is 5.00. The highest BCUT2D eigenvalue weighted by Gasteiger charge is 2.28. The molecule has 0 heterocycles. The Morgan fingerprint density at radius 1 is 1.17 bits per heavy atom. The van der Waals surface area contributed by atoms with Gasteiger partial charge in [0.2, 0.25) is 0 Å². The molecule has 4 atom stereocenters. The van der Waals surface area contributed by atoms with Gasteiger partial charge in [0.05, 0.1) is 6.10 Å². The SMILES string of the molecule is CC[C@@H](O)[C@H](O)[C@H](O)[C@@H](O)C=O. The average Bonchev–Trinajstić information content (AvgIpc) is 2.12. The van der Waals surface area contributed by atoms with E-state index >= 15 is 0 Å². The summed E-state index contributed by atoms with van der Waals surface area (Å²) in [6, 6.07) is 0. The van der Waals surface area contributed by atoms with Crippen molar-refractivity contribution in [1.82, 2.24) is 0 Å². The fourth-order valence-electron chi connectivity index (χ4n) is 0.752. The summed E-state index contributed by atoms with van der Waals surface area (Å²) in [5.41, 5.74) is 0. The van der Waals surface area contributed by atoms with Gasteiger partial charge in [0.1, 0.15) is 18.3 Å². The van der Waals surface area contributed by atoms with Crippen LogP contribution >= 0.6 is 0 Å². The molecule has 0 rings (SSSR count). The van der Waals surface area contributed by atoms with Gasteiger partial charge in [-0.3, -0.25) is 0 Å². The summed E-state index contributed by atoms with van der Waals surface area (Å²) >= 11 is 0. The van der Waals surface area contributed by atoms with Gasteiger partial charge in [-0.2, -0.15) is 0 Å². The van der Waals surface area contributed by atoms with E-state index in [4.69, 9.17) is 20.4 Å². The number of aliphatic hydroxyl groups is 4. The third-order valence-corrected chi connectivity index (χ3v) is 1.65. The lowest BCUT2D eigenvalue weighted by molar-refractivity contribution is -0.133. The van der Waals surface area contributed by atoms with Gasteiger partial charge in [-0.05, 0) is 6.42 Å². The van der Waals surface area contributed by atoms with E-state index in [2.05, 4.69) is 0 Å². The van der Waals surface area contributed by atoms with Crippen molar-refractivity contribution in [2.24, 2.45) is 0 Å². The van der Waals surface area contributed by atoms with E-state index in [-0.39, 0.29) is 12.7 Å². The molecule has 0 saturated heterocycles. The van der Waals surface area contributed by atoms with Crippen molar-refractivity contribution in [1.29, 1.82) is 0 Å². The van der Waals surface area contributed by atoms with Gasteiger partial charge >= 0.3 is 0 Å². The largest absolute Gasteiger partial charge is 0.390 e. The molecule has 4 N–H and O–H groups in total. The second-order valence-electron chi connectivity index (χ2n) is 2.58. The van der Waals surface area contributed by atoms with Gasteiger partial charge in [-0.25, -0.2) is 0 Å². The smallest absolute Gasteiger partial charge is 0.151 e. The Balaban J connectivity index is 4.07. The first-order valence-corrected chi connectivity index (χ1v) is 3.72. The lowest BCUT2D eigenvalue weighted by atomic mass is 10.0. The first-order chi connectivity index (χ1) is 5.54. The number of aliphatic hydroxyl groups excluding tert-OH is 4. The van der Waals surface area contributed by atoms with E-state index in [9.17, 15) is 4.79 Å². The van der Waals surface area contributed by atoms with Crippen LogP contribution in [0.25, 0.3) is 0 Å². The zero-order valence-corrected chi connectivity index (χ0v) is 6.79. The Bertz CT molecular complexity index is 138. The quantitative estimate of drug-likeness (QED) is 0.366. The predicted molar refractivity (Wildman–Crippen MR) is 40.4 cm³/mol. The van der Waals surface area contributed by atoms with Crippen LogP contribution in [0.15, 0.2) is 0 Å². The van der Waals surface area contributed by atoms with Crippen molar-refractivity contribution in [2.45, 2.75) is 37.8 Å². The summed E-state index contributed by atoms with van der Waals surface area (Å²) in [6.07, 6.45) is -5.55. The van der Waals surface area contributed by atoms with E-state index in [1.807, 2.05) is 0 Å². The molecule has 0 spiro atoms. The maximum absolute atomic E-state index is 9.96. The van der Waals surface area contributed by atoms with Crippen molar-refractivity contribution in [2.75, 3.05) is 0 Å². The van der Waals surface area contributed by atoms with Gasteiger partial charge < -0.3 is 25.2 Å². The Morgan fingerprint density at radius 2 is 1.67 bits per heavy atom. The Hall–Kier alpha value is -0.490. The summed E-state index contributed by atoms with van der Waals surface area (Å²) in [7, 11) is 0. The minimum Gasteiger partial charge on any atom is -0.390 e. The molecule has 72 valence electrons. The van der Waals surface area contributed by atoms with E-state index in [1.165, 1.54) is 0 Å². The number of rotatable bonds is 5. The standard InChI is InChI=1S/C7H14O5/c1-2-4(9)6(11)7(12)5(10)3-8/h3-7,9-12H,2H2,1H3/t4-,5+,6+,7-/m1/s1. The normalized spacial score (nSPS) is 21.1. The van der Waals surface area contributed by atoms with E-state index in [0.717, 1.165) is 0 Å². The molecule has 0 radical (unpaired) electrons. The highest BCUT2D eigenvalue weighted by molar-refractivity contribution is 5.56. The number of hydrogen-bond acceptors (Lipinski definition) is 5. The predicted octanol–water partition coefficient (Wildman–Crippen LogP) is -1.96. The molecule has 0 fully saturated rings. The number of carbonyl (C=O) groups is 1. The van der Waals surface area contributed by atoms with Crippen LogP contribution in [0.1, 0.15) is 13.3 Å². The van der Waals surface area contributed by atoms with E-state index in [0.29, 0.717) is 0 Å². The van der Waals surface area contributed by atoms with Crippen LogP contribution in [0.5, 0.6) is 0 Å². The molecule has 5 nitrogen and oxygen atoms in total. The number of aldehydes is 1. The third kappa shape index (κ3) is 2.86. The minimum atomic E-state index is -1.65. The zero-order valence-electron chi connectivity index (χ0n) is 6.79. The average molecular weight is 178 g/mol. The molecule has 0 aromatic rings. The molecule has 0 aromatic heterocycles. The fraction of sp³-hybridized carbons (Fsp3) is 0.857. The Labute approximate surface area is 70.3 Å². The first kappa shape index (κ1) is 11.5. The Morgan fingerprint density at radius 3 is 2.00 bits per heavy atom. The first-order valence-electron chi connectivity index (χ1n) is 3.72. The van der Waals surface area contributed by atoms with Crippen LogP contribution in [0.2, 0.25) is 0 Å². The topological polar surface area (TPSA) is 98.0 Å². The molecule has 0 bridgehead atoms. The maximum Gasteiger partial charge on any atom is 0.151 e. The van der Waals surface area contributed by atoms with Crippen LogP contribution in [0.4, 0.5) is 0 Å². The maximum atomic E-state index is 9.96. The second kappa shape index (κ2) is 5.21. The molecule has 0 aliphatic carbocycles. The minimum absolute atomic E-state index is 0.107. The lowest BCUT2D eigenvalue weighted by Gasteiger charge is -2.22. The number of hydrogen-bond donors (Lipinski definition) is 4. The van der Waals surface area contributed by atoms with Crippen LogP contribution in [0, 0.1) is 0 Å². The molecule has 12 heavy (non-hydrogen) atoms. The van der Waals surface area contributed by atoms with Crippen molar-refractivity contribution < 1.29 is 25.2 Å². The highest BCUT2D eigenvalue weighted by atomic mass is 16.4. The molecular weight excluding hydrogens is 164 g/mol. The van der Waals surface area contributed by atoms with Crippen LogP contribution in [-0.4, -0.2) is 51.1 Å². The van der Waals surface area contributed by atoms with Crippen molar-refractivity contribution in [3.05, 3.63) is 0 Å². The molecule has 0 unspecified atom stereocenters. The van der Waals surface area contributed by atoms with Crippen molar-refractivity contribution in [3.8, 4) is 0 Å². The van der Waals surface area contributed by atoms with Crippen LogP contribution in [0.3, 0.4) is 0 Å². The highest BCUT2D eigenvalue weighted by Crippen LogP contribution is 2.06. The van der Waals surface area contributed by atoms with Crippen molar-refractivity contribution in [3.63, 3.8) is 0 Å². The van der Waals surface area contributed by atoms with Gasteiger partial charge in [0, 0.05) is 0 Å². The van der Waals surface area contributed by atoms with Gasteiger partial charge in [-0.15, -0.1) is 0 Å². The summed E-state index contributed by atoms with van der Waals surface area (Å²) < 4.78 is 0. The zero-order chi connectivity index (χ0) is 9.72. The van der Waals surface area contributed by atoms with Gasteiger partial charge in [0.15, 0.2) is 6.29 Å². The van der Waals surface area contributed by atoms with Crippen molar-refractivity contribution >= 4 is 6.29 Å². The summed E-state index contributed by atoms with van der Waals surface area (Å²) in [5, 5.41) is 35.8. The summed E-state index contributed by atoms with van der Waals surface area (Å²) in [5.74, 6) is 0. The van der Waals surface area contributed by atoms with E-state index in [1.54, 1.807) is 6.92 Å². The molecule has 0 aromatic carbocycles. The molecule has 5 heteroatoms. The molecule has 0 saturated carbocycles. The van der Waals surface area contributed by atoms with Crippen LogP contribution < -0.4 is 0 Å². The molecule has 0 amide bonds. The van der Waals surface area contributed by atoms with Crippen LogP contribution in [-0.2, 0) is 4.79 Å². The van der Waals surface area contributed by atoms with Gasteiger partial charge in [0.25, 0.3) is 0 Å². The lowest BCUT2D eigenvalue weighted by Crippen LogP contribution is -2.44. The molecular formula is C7H14O5. The summed E-state index contributed by atoms with van der Waals surface area (Å²) in [6.45, 7) is 1.61. The fourth-order valence-corrected chi connectivity index (χ4v) is 0.752. The molecule has 0 aliphatic heterocycles. The third-order valence-electron chi connectivity index (χ3n) is 1.65. The molecule has 0 aliphatic rings. The monoisotopic (exact) mass is 178 g/mol. The van der Waals surface area contributed by atoms with Gasteiger partial charge in [-0.1, -0.05) is 6.92 Å².